The zero-order chi connectivity index (χ0) is 13.4. The number of carbonyl (C=O) groups excluding carboxylic acids is 2. The zero-order valence-corrected chi connectivity index (χ0v) is 11.1. The third kappa shape index (κ3) is 4.87. The number of esters is 1. The topological polar surface area (TPSA) is 55.8 Å². The van der Waals surface area contributed by atoms with Gasteiger partial charge in [-0.3, -0.25) is 9.59 Å². The van der Waals surface area contributed by atoms with Crippen molar-refractivity contribution in [1.29, 1.82) is 0 Å². The Kier molecular flexibility index (Phi) is 6.43. The molecular formula is C13H21NO4. The van der Waals surface area contributed by atoms with Crippen LogP contribution in [0.3, 0.4) is 0 Å². The molecule has 0 aromatic carbocycles. The van der Waals surface area contributed by atoms with Crippen LogP contribution < -0.4 is 0 Å². The van der Waals surface area contributed by atoms with Gasteiger partial charge in [0.05, 0.1) is 19.6 Å². The van der Waals surface area contributed by atoms with Crippen LogP contribution in [0.25, 0.3) is 0 Å². The second kappa shape index (κ2) is 7.87. The maximum atomic E-state index is 11.8. The normalized spacial score (nSPS) is 15.2. The lowest BCUT2D eigenvalue weighted by Crippen LogP contribution is -2.35. The lowest BCUT2D eigenvalue weighted by molar-refractivity contribution is -0.145. The predicted octanol–water partition coefficient (Wildman–Crippen LogP) is 1.13. The van der Waals surface area contributed by atoms with Gasteiger partial charge in [0.25, 0.3) is 0 Å². The van der Waals surface area contributed by atoms with Gasteiger partial charge in [-0.2, -0.15) is 0 Å². The molecule has 0 fully saturated rings. The Morgan fingerprint density at radius 3 is 2.72 bits per heavy atom. The second-order valence-electron chi connectivity index (χ2n) is 4.19. The molecule has 5 nitrogen and oxygen atoms in total. The molecule has 0 unspecified atom stereocenters. The summed E-state index contributed by atoms with van der Waals surface area (Å²) in [6, 6.07) is 0. The first-order chi connectivity index (χ1) is 8.67. The summed E-state index contributed by atoms with van der Waals surface area (Å²) < 4.78 is 9.84. The van der Waals surface area contributed by atoms with Crippen molar-refractivity contribution in [2.75, 3.05) is 33.4 Å². The minimum absolute atomic E-state index is 0.00997. The Morgan fingerprint density at radius 2 is 2.17 bits per heavy atom. The minimum atomic E-state index is -0.307. The van der Waals surface area contributed by atoms with E-state index in [1.54, 1.807) is 18.9 Å². The van der Waals surface area contributed by atoms with Gasteiger partial charge < -0.3 is 14.4 Å². The molecule has 0 bridgehead atoms. The number of hydrogen-bond donors (Lipinski definition) is 0. The highest BCUT2D eigenvalue weighted by Crippen LogP contribution is 2.12. The van der Waals surface area contributed by atoms with Crippen molar-refractivity contribution < 1.29 is 19.1 Å². The molecule has 0 radical (unpaired) electrons. The first kappa shape index (κ1) is 14.7. The van der Waals surface area contributed by atoms with Crippen molar-refractivity contribution in [2.24, 2.45) is 0 Å². The van der Waals surface area contributed by atoms with Crippen molar-refractivity contribution in [3.05, 3.63) is 11.6 Å². The summed E-state index contributed by atoms with van der Waals surface area (Å²) >= 11 is 0. The Hall–Kier alpha value is -1.36. The zero-order valence-electron chi connectivity index (χ0n) is 11.1. The summed E-state index contributed by atoms with van der Waals surface area (Å²) in [5.74, 6) is -0.297. The smallest absolute Gasteiger partial charge is 0.306 e. The Morgan fingerprint density at radius 1 is 1.39 bits per heavy atom. The van der Waals surface area contributed by atoms with Crippen molar-refractivity contribution in [1.82, 2.24) is 4.90 Å². The molecule has 1 aliphatic heterocycles. The van der Waals surface area contributed by atoms with E-state index in [1.807, 2.05) is 6.08 Å². The van der Waals surface area contributed by atoms with Gasteiger partial charge in [-0.25, -0.2) is 0 Å². The monoisotopic (exact) mass is 255 g/mol. The standard InChI is InChI=1S/C13H21NO4/c1-3-18-13(16)5-4-12(15)14-8-6-11(7-9-14)10-17-2/h6H,3-5,7-10H2,1-2H3. The van der Waals surface area contributed by atoms with Crippen molar-refractivity contribution in [3.8, 4) is 0 Å². The SMILES string of the molecule is CCOC(=O)CCC(=O)N1CC=C(COC)CC1. The van der Waals surface area contributed by atoms with E-state index in [9.17, 15) is 9.59 Å². The van der Waals surface area contributed by atoms with E-state index in [2.05, 4.69) is 0 Å². The van der Waals surface area contributed by atoms with Crippen LogP contribution in [-0.2, 0) is 19.1 Å². The molecule has 0 aliphatic carbocycles. The second-order valence-corrected chi connectivity index (χ2v) is 4.19. The van der Waals surface area contributed by atoms with E-state index in [1.165, 1.54) is 5.57 Å². The molecular weight excluding hydrogens is 234 g/mol. The molecule has 1 amide bonds. The molecule has 0 N–H and O–H groups in total. The predicted molar refractivity (Wildman–Crippen MR) is 67.0 cm³/mol. The Labute approximate surface area is 108 Å². The van der Waals surface area contributed by atoms with E-state index in [0.29, 0.717) is 26.3 Å². The summed E-state index contributed by atoms with van der Waals surface area (Å²) in [5.41, 5.74) is 1.23. The summed E-state index contributed by atoms with van der Waals surface area (Å²) in [5, 5.41) is 0. The highest BCUT2D eigenvalue weighted by molar-refractivity contribution is 5.81. The number of hydrogen-bond acceptors (Lipinski definition) is 4. The maximum Gasteiger partial charge on any atom is 0.306 e. The number of nitrogens with zero attached hydrogens (tertiary/aromatic N) is 1. The van der Waals surface area contributed by atoms with Crippen LogP contribution in [0.1, 0.15) is 26.2 Å². The van der Waals surface area contributed by atoms with Crippen LogP contribution in [0.15, 0.2) is 11.6 Å². The molecule has 0 aromatic heterocycles. The molecule has 102 valence electrons. The fourth-order valence-corrected chi connectivity index (χ4v) is 1.85. The highest BCUT2D eigenvalue weighted by Gasteiger charge is 2.18. The van der Waals surface area contributed by atoms with Gasteiger partial charge in [-0.15, -0.1) is 0 Å². The molecule has 0 atom stereocenters. The van der Waals surface area contributed by atoms with Gasteiger partial charge in [0.15, 0.2) is 0 Å². The number of carbonyl (C=O) groups is 2. The van der Waals surface area contributed by atoms with E-state index < -0.39 is 0 Å². The summed E-state index contributed by atoms with van der Waals surface area (Å²) in [6.07, 6.45) is 3.26. The first-order valence-electron chi connectivity index (χ1n) is 6.27. The quantitative estimate of drug-likeness (QED) is 0.527. The van der Waals surface area contributed by atoms with Gasteiger partial charge in [-0.05, 0) is 18.9 Å². The molecule has 0 saturated carbocycles. The average Bonchev–Trinajstić information content (AvgIpc) is 2.37. The Bertz CT molecular complexity index is 325. The largest absolute Gasteiger partial charge is 0.466 e. The number of ether oxygens (including phenoxy) is 2. The minimum Gasteiger partial charge on any atom is -0.466 e. The summed E-state index contributed by atoms with van der Waals surface area (Å²) in [4.78, 5) is 24.7. The molecule has 0 aromatic rings. The van der Waals surface area contributed by atoms with Gasteiger partial charge >= 0.3 is 5.97 Å². The third-order valence-corrected chi connectivity index (χ3v) is 2.83. The Balaban J connectivity index is 2.30. The number of rotatable bonds is 6. The summed E-state index contributed by atoms with van der Waals surface area (Å²) in [7, 11) is 1.66. The fraction of sp³-hybridized carbons (Fsp3) is 0.692. The van der Waals surface area contributed by atoms with Crippen LogP contribution in [0.5, 0.6) is 0 Å². The lowest BCUT2D eigenvalue weighted by Gasteiger charge is -2.26. The first-order valence-corrected chi connectivity index (χ1v) is 6.27. The number of methoxy groups -OCH3 is 1. The maximum absolute atomic E-state index is 11.8. The molecule has 1 aliphatic rings. The van der Waals surface area contributed by atoms with Gasteiger partial charge in [-0.1, -0.05) is 6.08 Å². The van der Waals surface area contributed by atoms with E-state index in [0.717, 1.165) is 6.42 Å². The average molecular weight is 255 g/mol. The molecule has 0 saturated heterocycles. The summed E-state index contributed by atoms with van der Waals surface area (Å²) in [6.45, 7) is 4.06. The van der Waals surface area contributed by atoms with Crippen LogP contribution in [0, 0.1) is 0 Å². The van der Waals surface area contributed by atoms with E-state index >= 15 is 0 Å². The van der Waals surface area contributed by atoms with Gasteiger partial charge in [0.2, 0.25) is 5.91 Å². The molecule has 5 heteroatoms. The van der Waals surface area contributed by atoms with Crippen LogP contribution in [-0.4, -0.2) is 50.2 Å². The van der Waals surface area contributed by atoms with Crippen molar-refractivity contribution >= 4 is 11.9 Å². The fourth-order valence-electron chi connectivity index (χ4n) is 1.85. The highest BCUT2D eigenvalue weighted by atomic mass is 16.5. The van der Waals surface area contributed by atoms with E-state index in [4.69, 9.17) is 9.47 Å². The molecule has 18 heavy (non-hydrogen) atoms. The van der Waals surface area contributed by atoms with Gasteiger partial charge in [0.1, 0.15) is 0 Å². The van der Waals surface area contributed by atoms with Crippen molar-refractivity contribution in [2.45, 2.75) is 26.2 Å². The molecule has 1 rings (SSSR count). The van der Waals surface area contributed by atoms with Crippen LogP contribution in [0.4, 0.5) is 0 Å². The van der Waals surface area contributed by atoms with Crippen LogP contribution >= 0.6 is 0 Å². The van der Waals surface area contributed by atoms with Crippen LogP contribution in [0.2, 0.25) is 0 Å². The molecule has 0 spiro atoms. The third-order valence-electron chi connectivity index (χ3n) is 2.83. The van der Waals surface area contributed by atoms with Gasteiger partial charge in [0, 0.05) is 26.6 Å². The van der Waals surface area contributed by atoms with E-state index in [-0.39, 0.29) is 24.7 Å². The number of amides is 1. The van der Waals surface area contributed by atoms with Crippen molar-refractivity contribution in [3.63, 3.8) is 0 Å². The lowest BCUT2D eigenvalue weighted by atomic mass is 10.1. The molecule has 1 heterocycles.